The van der Waals surface area contributed by atoms with Crippen LogP contribution in [0.25, 0.3) is 11.3 Å². The molecule has 0 aliphatic carbocycles. The molecule has 0 spiro atoms. The van der Waals surface area contributed by atoms with E-state index >= 15 is 0 Å². The van der Waals surface area contributed by atoms with Crippen molar-refractivity contribution < 1.29 is 22.1 Å². The minimum atomic E-state index is -3.47. The van der Waals surface area contributed by atoms with Gasteiger partial charge in [-0.3, -0.25) is 4.79 Å². The van der Waals surface area contributed by atoms with Gasteiger partial charge in [0.1, 0.15) is 22.8 Å². The van der Waals surface area contributed by atoms with E-state index in [9.17, 15) is 17.6 Å². The third-order valence-corrected chi connectivity index (χ3v) is 7.20. The first-order valence-corrected chi connectivity index (χ1v) is 11.4. The summed E-state index contributed by atoms with van der Waals surface area (Å²) in [7, 11) is -3.47. The lowest BCUT2D eigenvalue weighted by molar-refractivity contribution is 0.0950. The zero-order valence-electron chi connectivity index (χ0n) is 17.0. The maximum absolute atomic E-state index is 13.2. The van der Waals surface area contributed by atoms with Crippen LogP contribution in [-0.2, 0) is 16.6 Å². The van der Waals surface area contributed by atoms with Gasteiger partial charge in [0.25, 0.3) is 5.91 Å². The second-order valence-corrected chi connectivity index (χ2v) is 9.35. The van der Waals surface area contributed by atoms with Crippen molar-refractivity contribution in [3.05, 3.63) is 71.2 Å². The van der Waals surface area contributed by atoms with E-state index in [0.717, 1.165) is 18.4 Å². The van der Waals surface area contributed by atoms with Crippen LogP contribution in [0.1, 0.15) is 34.5 Å². The summed E-state index contributed by atoms with van der Waals surface area (Å²) >= 11 is 0. The lowest BCUT2D eigenvalue weighted by Gasteiger charge is -2.15. The molecule has 2 heterocycles. The molecular formula is C22H22FN3O4S. The van der Waals surface area contributed by atoms with Gasteiger partial charge in [0.05, 0.1) is 4.90 Å². The summed E-state index contributed by atoms with van der Waals surface area (Å²) in [6.45, 7) is 2.94. The molecule has 162 valence electrons. The second kappa shape index (κ2) is 8.60. The maximum atomic E-state index is 13.2. The third-order valence-electron chi connectivity index (χ3n) is 5.29. The van der Waals surface area contributed by atoms with Crippen molar-refractivity contribution in [2.75, 3.05) is 13.1 Å². The Morgan fingerprint density at radius 2 is 1.74 bits per heavy atom. The Morgan fingerprint density at radius 3 is 2.39 bits per heavy atom. The first-order valence-electron chi connectivity index (χ1n) is 9.96. The zero-order valence-corrected chi connectivity index (χ0v) is 17.8. The molecule has 1 aromatic heterocycles. The van der Waals surface area contributed by atoms with Gasteiger partial charge in [-0.1, -0.05) is 17.3 Å². The summed E-state index contributed by atoms with van der Waals surface area (Å²) in [5.41, 5.74) is 1.94. The van der Waals surface area contributed by atoms with Crippen molar-refractivity contribution >= 4 is 15.9 Å². The van der Waals surface area contributed by atoms with E-state index < -0.39 is 10.0 Å². The van der Waals surface area contributed by atoms with Gasteiger partial charge in [-0.2, -0.15) is 4.31 Å². The summed E-state index contributed by atoms with van der Waals surface area (Å²) in [5, 5.41) is 6.74. The summed E-state index contributed by atoms with van der Waals surface area (Å²) in [6.07, 6.45) is 1.76. The van der Waals surface area contributed by atoms with Crippen molar-refractivity contribution in [2.45, 2.75) is 31.2 Å². The first kappa shape index (κ1) is 21.2. The van der Waals surface area contributed by atoms with E-state index in [4.69, 9.17) is 4.52 Å². The fraction of sp³-hybridized carbons (Fsp3) is 0.273. The van der Waals surface area contributed by atoms with E-state index in [2.05, 4.69) is 10.5 Å². The number of amides is 1. The largest absolute Gasteiger partial charge is 0.360 e. The molecule has 1 amide bonds. The standard InChI is InChI=1S/C22H22FN3O4S/c1-15-20(21(25-30-15)17-6-8-18(23)9-7-17)22(27)24-14-16-4-10-19(11-5-16)31(28,29)26-12-2-3-13-26/h4-11H,2-3,12-14H2,1H3,(H,24,27). The van der Waals surface area contributed by atoms with Crippen LogP contribution in [0.4, 0.5) is 4.39 Å². The summed E-state index contributed by atoms with van der Waals surface area (Å²) in [4.78, 5) is 13.0. The molecular weight excluding hydrogens is 421 g/mol. The molecule has 31 heavy (non-hydrogen) atoms. The number of rotatable bonds is 6. The van der Waals surface area contributed by atoms with Crippen LogP contribution < -0.4 is 5.32 Å². The van der Waals surface area contributed by atoms with Crippen LogP contribution in [0.3, 0.4) is 0 Å². The van der Waals surface area contributed by atoms with Crippen molar-refractivity contribution in [3.63, 3.8) is 0 Å². The second-order valence-electron chi connectivity index (χ2n) is 7.41. The van der Waals surface area contributed by atoms with Gasteiger partial charge in [-0.25, -0.2) is 12.8 Å². The number of halogens is 1. The lowest BCUT2D eigenvalue weighted by atomic mass is 10.1. The summed E-state index contributed by atoms with van der Waals surface area (Å²) < 4.78 is 45.1. The molecule has 7 nitrogen and oxygen atoms in total. The van der Waals surface area contributed by atoms with Crippen LogP contribution in [0.2, 0.25) is 0 Å². The normalized spacial score (nSPS) is 14.6. The Balaban J connectivity index is 1.46. The highest BCUT2D eigenvalue weighted by Gasteiger charge is 2.27. The summed E-state index contributed by atoms with van der Waals surface area (Å²) in [5.74, 6) is -0.416. The van der Waals surface area contributed by atoms with Gasteiger partial charge >= 0.3 is 0 Å². The Bertz CT molecular complexity index is 1180. The molecule has 1 N–H and O–H groups in total. The summed E-state index contributed by atoms with van der Waals surface area (Å²) in [6, 6.07) is 12.1. The lowest BCUT2D eigenvalue weighted by Crippen LogP contribution is -2.28. The third kappa shape index (κ3) is 4.38. The number of aryl methyl sites for hydroxylation is 1. The number of nitrogens with zero attached hydrogens (tertiary/aromatic N) is 2. The van der Waals surface area contributed by atoms with Crippen LogP contribution in [0, 0.1) is 12.7 Å². The monoisotopic (exact) mass is 443 g/mol. The molecule has 3 aromatic rings. The van der Waals surface area contributed by atoms with Crippen molar-refractivity contribution in [2.24, 2.45) is 0 Å². The molecule has 0 radical (unpaired) electrons. The maximum Gasteiger partial charge on any atom is 0.257 e. The van der Waals surface area contributed by atoms with Crippen LogP contribution in [0.5, 0.6) is 0 Å². The van der Waals surface area contributed by atoms with Gasteiger partial charge in [-0.15, -0.1) is 0 Å². The number of hydrogen-bond donors (Lipinski definition) is 1. The number of carbonyl (C=O) groups is 1. The molecule has 0 bridgehead atoms. The van der Waals surface area contributed by atoms with Crippen molar-refractivity contribution in [1.82, 2.24) is 14.8 Å². The van der Waals surface area contributed by atoms with Gasteiger partial charge < -0.3 is 9.84 Å². The number of aromatic nitrogens is 1. The molecule has 0 atom stereocenters. The SMILES string of the molecule is Cc1onc(-c2ccc(F)cc2)c1C(=O)NCc1ccc(S(=O)(=O)N2CCCC2)cc1. The Hall–Kier alpha value is -3.04. The average Bonchev–Trinajstić information content (AvgIpc) is 3.43. The fourth-order valence-electron chi connectivity index (χ4n) is 3.57. The van der Waals surface area contributed by atoms with Gasteiger partial charge in [0.2, 0.25) is 10.0 Å². The topological polar surface area (TPSA) is 92.5 Å². The molecule has 0 saturated carbocycles. The average molecular weight is 444 g/mol. The molecule has 1 aliphatic rings. The predicted octanol–water partition coefficient (Wildman–Crippen LogP) is 3.50. The highest BCUT2D eigenvalue weighted by Crippen LogP contribution is 2.26. The first-order chi connectivity index (χ1) is 14.9. The van der Waals surface area contributed by atoms with Crippen molar-refractivity contribution in [3.8, 4) is 11.3 Å². The Labute approximate surface area is 179 Å². The number of carbonyl (C=O) groups excluding carboxylic acids is 1. The fourth-order valence-corrected chi connectivity index (χ4v) is 5.09. The van der Waals surface area contributed by atoms with E-state index in [1.807, 2.05) is 0 Å². The number of sulfonamides is 1. The van der Waals surface area contributed by atoms with E-state index in [1.54, 1.807) is 31.2 Å². The quantitative estimate of drug-likeness (QED) is 0.630. The zero-order chi connectivity index (χ0) is 22.0. The molecule has 1 fully saturated rings. The van der Waals surface area contributed by atoms with E-state index in [0.29, 0.717) is 30.1 Å². The van der Waals surface area contributed by atoms with Gasteiger partial charge in [0, 0.05) is 25.2 Å². The highest BCUT2D eigenvalue weighted by atomic mass is 32.2. The van der Waals surface area contributed by atoms with Gasteiger partial charge in [-0.05, 0) is 61.7 Å². The Morgan fingerprint density at radius 1 is 1.10 bits per heavy atom. The molecule has 1 saturated heterocycles. The smallest absolute Gasteiger partial charge is 0.257 e. The minimum absolute atomic E-state index is 0.205. The van der Waals surface area contributed by atoms with E-state index in [-0.39, 0.29) is 28.7 Å². The number of benzene rings is 2. The predicted molar refractivity (Wildman–Crippen MR) is 112 cm³/mol. The molecule has 4 rings (SSSR count). The van der Waals surface area contributed by atoms with Crippen molar-refractivity contribution in [1.29, 1.82) is 0 Å². The number of nitrogens with one attached hydrogen (secondary N) is 1. The van der Waals surface area contributed by atoms with E-state index in [1.165, 1.54) is 28.6 Å². The molecule has 1 aliphatic heterocycles. The number of hydrogen-bond acceptors (Lipinski definition) is 5. The minimum Gasteiger partial charge on any atom is -0.360 e. The van der Waals surface area contributed by atoms with Gasteiger partial charge in [0.15, 0.2) is 0 Å². The molecule has 0 unspecified atom stereocenters. The van der Waals surface area contributed by atoms with Crippen LogP contribution in [0.15, 0.2) is 57.9 Å². The molecule has 9 heteroatoms. The molecule has 2 aromatic carbocycles. The highest BCUT2D eigenvalue weighted by molar-refractivity contribution is 7.89. The Kier molecular flexibility index (Phi) is 5.88. The van der Waals surface area contributed by atoms with Crippen LogP contribution in [-0.4, -0.2) is 36.9 Å². The van der Waals surface area contributed by atoms with Crippen LogP contribution >= 0.6 is 0 Å².